The Morgan fingerprint density at radius 3 is 2.55 bits per heavy atom. The fraction of sp³-hybridized carbons (Fsp3) is 0.381. The van der Waals surface area contributed by atoms with Gasteiger partial charge in [-0.3, -0.25) is 5.10 Å². The SMILES string of the molecule is CN(c1ccc(-c2cc(F)c(-c3cn[nH]c3)cc2O)nn1)C1CC2CCC(C1)N2. The predicted molar refractivity (Wildman–Crippen MR) is 108 cm³/mol. The molecule has 3 aromatic rings. The highest BCUT2D eigenvalue weighted by molar-refractivity contribution is 5.74. The Morgan fingerprint density at radius 2 is 1.90 bits per heavy atom. The quantitative estimate of drug-likeness (QED) is 0.630. The van der Waals surface area contributed by atoms with Gasteiger partial charge in [0.2, 0.25) is 0 Å². The number of nitrogens with zero attached hydrogens (tertiary/aromatic N) is 4. The normalized spacial score (nSPS) is 23.3. The van der Waals surface area contributed by atoms with Crippen molar-refractivity contribution in [2.24, 2.45) is 0 Å². The summed E-state index contributed by atoms with van der Waals surface area (Å²) in [7, 11) is 2.05. The number of benzene rings is 1. The lowest BCUT2D eigenvalue weighted by atomic mass is 9.98. The summed E-state index contributed by atoms with van der Waals surface area (Å²) in [5.41, 5.74) is 1.60. The van der Waals surface area contributed by atoms with Crippen LogP contribution in [0, 0.1) is 5.82 Å². The van der Waals surface area contributed by atoms with E-state index in [1.165, 1.54) is 31.2 Å². The molecule has 2 unspecified atom stereocenters. The van der Waals surface area contributed by atoms with Crippen LogP contribution in [0.1, 0.15) is 25.7 Å². The highest BCUT2D eigenvalue weighted by atomic mass is 19.1. The number of rotatable bonds is 4. The number of nitrogens with one attached hydrogen (secondary N) is 2. The Labute approximate surface area is 168 Å². The lowest BCUT2D eigenvalue weighted by Gasteiger charge is -2.36. The molecule has 0 aliphatic carbocycles. The number of aromatic nitrogens is 4. The van der Waals surface area contributed by atoms with Crippen LogP contribution in [0.15, 0.2) is 36.7 Å². The zero-order valence-electron chi connectivity index (χ0n) is 16.1. The highest BCUT2D eigenvalue weighted by Crippen LogP contribution is 2.35. The fourth-order valence-corrected chi connectivity index (χ4v) is 4.57. The van der Waals surface area contributed by atoms with Crippen LogP contribution >= 0.6 is 0 Å². The van der Waals surface area contributed by atoms with Crippen molar-refractivity contribution in [2.45, 2.75) is 43.8 Å². The average Bonchev–Trinajstić information content (AvgIpc) is 3.38. The minimum Gasteiger partial charge on any atom is -0.507 e. The summed E-state index contributed by atoms with van der Waals surface area (Å²) in [5.74, 6) is 0.287. The van der Waals surface area contributed by atoms with Crippen molar-refractivity contribution in [3.05, 3.63) is 42.5 Å². The number of phenolic OH excluding ortho intramolecular Hbond substituents is 1. The molecule has 2 atom stereocenters. The maximum absolute atomic E-state index is 14.6. The van der Waals surface area contributed by atoms with Crippen LogP contribution in [0.4, 0.5) is 10.2 Å². The number of halogens is 1. The number of hydrogen-bond acceptors (Lipinski definition) is 6. The van der Waals surface area contributed by atoms with E-state index in [4.69, 9.17) is 0 Å². The minimum atomic E-state index is -0.452. The molecule has 7 nitrogen and oxygen atoms in total. The number of aromatic amines is 1. The second-order valence-corrected chi connectivity index (χ2v) is 7.99. The van der Waals surface area contributed by atoms with Crippen molar-refractivity contribution >= 4 is 5.82 Å². The van der Waals surface area contributed by atoms with E-state index in [9.17, 15) is 9.50 Å². The molecule has 29 heavy (non-hydrogen) atoms. The molecule has 3 N–H and O–H groups in total. The molecular formula is C21H23FN6O. The standard InChI is InChI=1S/C21H23FN6O/c1-28(15-6-13-2-3-14(7-15)25-13)21-5-4-19(26-27-21)17-8-18(22)16(9-20(17)29)12-10-23-24-11-12/h4-5,8-11,13-15,25,29H,2-3,6-7H2,1H3,(H,23,24). The molecule has 150 valence electrons. The molecule has 1 aromatic carbocycles. The molecule has 2 bridgehead atoms. The lowest BCUT2D eigenvalue weighted by Crippen LogP contribution is -2.47. The zero-order chi connectivity index (χ0) is 20.0. The van der Waals surface area contributed by atoms with Crippen molar-refractivity contribution in [1.82, 2.24) is 25.7 Å². The largest absolute Gasteiger partial charge is 0.507 e. The molecule has 2 aliphatic heterocycles. The van der Waals surface area contributed by atoms with E-state index in [1.807, 2.05) is 6.07 Å². The van der Waals surface area contributed by atoms with E-state index in [-0.39, 0.29) is 11.3 Å². The monoisotopic (exact) mass is 394 g/mol. The molecule has 0 spiro atoms. The first kappa shape index (κ1) is 18.1. The Kier molecular flexibility index (Phi) is 4.43. The van der Waals surface area contributed by atoms with Crippen LogP contribution in [0.25, 0.3) is 22.4 Å². The van der Waals surface area contributed by atoms with Crippen molar-refractivity contribution < 1.29 is 9.50 Å². The predicted octanol–water partition coefficient (Wildman–Crippen LogP) is 3.10. The number of aromatic hydroxyl groups is 1. The summed E-state index contributed by atoms with van der Waals surface area (Å²) in [4.78, 5) is 2.19. The number of anilines is 1. The third kappa shape index (κ3) is 3.33. The summed E-state index contributed by atoms with van der Waals surface area (Å²) in [6.07, 6.45) is 7.80. The van der Waals surface area contributed by atoms with Gasteiger partial charge in [0.25, 0.3) is 0 Å². The minimum absolute atomic E-state index is 0.0482. The van der Waals surface area contributed by atoms with Gasteiger partial charge in [-0.1, -0.05) is 0 Å². The van der Waals surface area contributed by atoms with Crippen LogP contribution in [0.2, 0.25) is 0 Å². The van der Waals surface area contributed by atoms with Crippen LogP contribution in [-0.4, -0.2) is 50.7 Å². The summed E-state index contributed by atoms with van der Waals surface area (Å²) < 4.78 is 14.6. The molecule has 2 fully saturated rings. The van der Waals surface area contributed by atoms with Gasteiger partial charge in [0.05, 0.1) is 11.9 Å². The van der Waals surface area contributed by atoms with Crippen LogP contribution in [0.5, 0.6) is 5.75 Å². The van der Waals surface area contributed by atoms with Gasteiger partial charge in [-0.2, -0.15) is 5.10 Å². The molecular weight excluding hydrogens is 371 g/mol. The molecule has 2 aliphatic rings. The van der Waals surface area contributed by atoms with Crippen molar-refractivity contribution in [2.75, 3.05) is 11.9 Å². The average molecular weight is 394 g/mol. The Bertz CT molecular complexity index is 995. The molecule has 4 heterocycles. The van der Waals surface area contributed by atoms with Gasteiger partial charge >= 0.3 is 0 Å². The molecule has 0 radical (unpaired) electrons. The molecule has 0 amide bonds. The first-order valence-electron chi connectivity index (χ1n) is 9.93. The van der Waals surface area contributed by atoms with E-state index in [2.05, 4.69) is 37.7 Å². The zero-order valence-corrected chi connectivity index (χ0v) is 16.1. The highest BCUT2D eigenvalue weighted by Gasteiger charge is 2.35. The first-order valence-corrected chi connectivity index (χ1v) is 9.93. The van der Waals surface area contributed by atoms with Crippen LogP contribution in [-0.2, 0) is 0 Å². The topological polar surface area (TPSA) is 90.0 Å². The number of phenols is 1. The van der Waals surface area contributed by atoms with Gasteiger partial charge < -0.3 is 15.3 Å². The van der Waals surface area contributed by atoms with Crippen LogP contribution < -0.4 is 10.2 Å². The Hall–Kier alpha value is -3.00. The van der Waals surface area contributed by atoms with Gasteiger partial charge in [0.15, 0.2) is 5.82 Å². The second kappa shape index (κ2) is 7.11. The molecule has 8 heteroatoms. The Morgan fingerprint density at radius 1 is 1.10 bits per heavy atom. The van der Waals surface area contributed by atoms with Crippen molar-refractivity contribution in [3.63, 3.8) is 0 Å². The van der Waals surface area contributed by atoms with Gasteiger partial charge in [-0.15, -0.1) is 10.2 Å². The molecule has 0 saturated carbocycles. The van der Waals surface area contributed by atoms with E-state index in [1.54, 1.807) is 12.3 Å². The first-order chi connectivity index (χ1) is 14.1. The van der Waals surface area contributed by atoms with E-state index < -0.39 is 5.82 Å². The summed E-state index contributed by atoms with van der Waals surface area (Å²) >= 11 is 0. The number of hydrogen-bond donors (Lipinski definition) is 3. The fourth-order valence-electron chi connectivity index (χ4n) is 4.57. The van der Waals surface area contributed by atoms with Gasteiger partial charge in [0.1, 0.15) is 11.6 Å². The van der Waals surface area contributed by atoms with Gasteiger partial charge in [-0.25, -0.2) is 4.39 Å². The maximum Gasteiger partial charge on any atom is 0.151 e. The number of H-pyrrole nitrogens is 1. The second-order valence-electron chi connectivity index (χ2n) is 7.99. The van der Waals surface area contributed by atoms with E-state index >= 15 is 0 Å². The lowest BCUT2D eigenvalue weighted by molar-refractivity contribution is 0.353. The van der Waals surface area contributed by atoms with Gasteiger partial charge in [0, 0.05) is 48.1 Å². The van der Waals surface area contributed by atoms with Crippen molar-refractivity contribution in [1.29, 1.82) is 0 Å². The third-order valence-corrected chi connectivity index (χ3v) is 6.18. The summed E-state index contributed by atoms with van der Waals surface area (Å²) in [6.45, 7) is 0. The Balaban J connectivity index is 1.38. The van der Waals surface area contributed by atoms with Crippen LogP contribution in [0.3, 0.4) is 0 Å². The molecule has 2 aromatic heterocycles. The van der Waals surface area contributed by atoms with E-state index in [0.717, 1.165) is 18.7 Å². The molecule has 2 saturated heterocycles. The van der Waals surface area contributed by atoms with E-state index in [0.29, 0.717) is 34.9 Å². The third-order valence-electron chi connectivity index (χ3n) is 6.18. The number of fused-ring (bicyclic) bond motifs is 2. The molecule has 5 rings (SSSR count). The van der Waals surface area contributed by atoms with Crippen molar-refractivity contribution in [3.8, 4) is 28.1 Å². The number of piperidine rings is 1. The maximum atomic E-state index is 14.6. The van der Waals surface area contributed by atoms with Gasteiger partial charge in [-0.05, 0) is 49.9 Å². The summed E-state index contributed by atoms with van der Waals surface area (Å²) in [5, 5.41) is 29.2. The smallest absolute Gasteiger partial charge is 0.151 e. The summed E-state index contributed by atoms with van der Waals surface area (Å²) in [6, 6.07) is 7.98.